The van der Waals surface area contributed by atoms with Crippen LogP contribution in [-0.2, 0) is 23.9 Å². The maximum Gasteiger partial charge on any atom is 0.408 e. The van der Waals surface area contributed by atoms with Crippen molar-refractivity contribution in [2.45, 2.75) is 102 Å². The molecule has 1 aromatic carbocycles. The molecule has 2 N–H and O–H groups in total. The van der Waals surface area contributed by atoms with Gasteiger partial charge in [-0.3, -0.25) is 9.59 Å². The van der Waals surface area contributed by atoms with Crippen molar-refractivity contribution >= 4 is 69.4 Å². The monoisotopic (exact) mass is 771 g/mol. The third-order valence-corrected chi connectivity index (χ3v) is 10.9. The van der Waals surface area contributed by atoms with E-state index in [0.29, 0.717) is 46.0 Å². The van der Waals surface area contributed by atoms with E-state index in [4.69, 9.17) is 47.4 Å². The number of alkyl carbamates (subject to hydrolysis) is 1. The van der Waals surface area contributed by atoms with Crippen LogP contribution < -0.4 is 15.4 Å². The number of carbonyl (C=O) groups excluding carboxylic acids is 4. The van der Waals surface area contributed by atoms with Gasteiger partial charge in [0.1, 0.15) is 35.0 Å². The summed E-state index contributed by atoms with van der Waals surface area (Å²) in [5.41, 5.74) is -0.570. The third kappa shape index (κ3) is 8.47. The summed E-state index contributed by atoms with van der Waals surface area (Å²) >= 11 is 14.1. The molecule has 1 saturated carbocycles. The van der Waals surface area contributed by atoms with Gasteiger partial charge < -0.3 is 29.7 Å². The van der Waals surface area contributed by atoms with Crippen LogP contribution in [0.1, 0.15) is 72.6 Å². The Morgan fingerprint density at radius 3 is 2.56 bits per heavy atom. The van der Waals surface area contributed by atoms with E-state index in [-0.39, 0.29) is 31.4 Å². The van der Waals surface area contributed by atoms with E-state index < -0.39 is 53.2 Å². The lowest BCUT2D eigenvalue weighted by Gasteiger charge is -2.30. The Morgan fingerprint density at radius 2 is 1.87 bits per heavy atom. The number of nitrogens with zero attached hydrogens (tertiary/aromatic N) is 3. The second-order valence-corrected chi connectivity index (χ2v) is 16.1. The number of hydrogen-bond acceptors (Lipinski definition) is 10. The van der Waals surface area contributed by atoms with Gasteiger partial charge >= 0.3 is 12.1 Å². The van der Waals surface area contributed by atoms with E-state index >= 15 is 0 Å². The minimum absolute atomic E-state index is 0.00410. The molecule has 2 aliphatic heterocycles. The number of allylic oxidation sites excluding steroid dienone is 1. The van der Waals surface area contributed by atoms with E-state index in [1.54, 1.807) is 39.8 Å². The summed E-state index contributed by atoms with van der Waals surface area (Å²) in [5, 5.41) is 8.29. The molecule has 52 heavy (non-hydrogen) atoms. The van der Waals surface area contributed by atoms with Crippen molar-refractivity contribution in [3.63, 3.8) is 0 Å². The minimum Gasteiger partial charge on any atom is -0.471 e. The lowest BCUT2D eigenvalue weighted by Crippen LogP contribution is -2.56. The Balaban J connectivity index is 1.35. The number of esters is 1. The fourth-order valence-corrected chi connectivity index (χ4v) is 7.71. The summed E-state index contributed by atoms with van der Waals surface area (Å²) in [6, 6.07) is 5.02. The maximum absolute atomic E-state index is 14.5. The van der Waals surface area contributed by atoms with Crippen molar-refractivity contribution < 1.29 is 33.4 Å². The molecule has 2 fully saturated rings. The van der Waals surface area contributed by atoms with Gasteiger partial charge in [-0.25, -0.2) is 19.6 Å². The summed E-state index contributed by atoms with van der Waals surface area (Å²) in [6.07, 6.45) is 6.48. The molecule has 1 aliphatic carbocycles. The van der Waals surface area contributed by atoms with Gasteiger partial charge in [-0.1, -0.05) is 54.3 Å². The fraction of sp³-hybridized carbons (Fsp3) is 0.514. The first-order valence-electron chi connectivity index (χ1n) is 17.6. The number of halogens is 2. The predicted octanol–water partition coefficient (Wildman–Crippen LogP) is 6.87. The van der Waals surface area contributed by atoms with Gasteiger partial charge in [-0.2, -0.15) is 0 Å². The normalized spacial score (nSPS) is 25.3. The maximum atomic E-state index is 14.5. The van der Waals surface area contributed by atoms with Crippen molar-refractivity contribution in [2.75, 3.05) is 13.2 Å². The smallest absolute Gasteiger partial charge is 0.408 e. The molecule has 0 spiro atoms. The second kappa shape index (κ2) is 15.6. The summed E-state index contributed by atoms with van der Waals surface area (Å²) < 4.78 is 17.5. The number of amides is 3. The molecule has 5 atom stereocenters. The minimum atomic E-state index is -1.23. The average molecular weight is 773 g/mol. The second-order valence-electron chi connectivity index (χ2n) is 14.3. The van der Waals surface area contributed by atoms with Gasteiger partial charge in [0.2, 0.25) is 17.7 Å². The highest BCUT2D eigenvalue weighted by atomic mass is 35.5. The lowest BCUT2D eigenvalue weighted by molar-refractivity contribution is -0.150. The van der Waals surface area contributed by atoms with Crippen LogP contribution >= 0.6 is 34.5 Å². The van der Waals surface area contributed by atoms with Gasteiger partial charge in [0, 0.05) is 12.3 Å². The Kier molecular flexibility index (Phi) is 11.3. The Hall–Kier alpha value is -3.94. The van der Waals surface area contributed by atoms with Crippen molar-refractivity contribution in [3.8, 4) is 16.5 Å². The first kappa shape index (κ1) is 37.8. The lowest BCUT2D eigenvalue weighted by atomic mass is 10.0. The molecule has 3 aromatic rings. The van der Waals surface area contributed by atoms with Crippen LogP contribution in [0.4, 0.5) is 4.79 Å². The Bertz CT molecular complexity index is 1870. The summed E-state index contributed by atoms with van der Waals surface area (Å²) in [4.78, 5) is 66.8. The number of fused-ring (bicyclic) bond motifs is 3. The number of hydrogen-bond donors (Lipinski definition) is 2. The summed E-state index contributed by atoms with van der Waals surface area (Å²) in [5.74, 6) is -1.51. The van der Waals surface area contributed by atoms with Gasteiger partial charge in [-0.05, 0) is 77.0 Å². The largest absolute Gasteiger partial charge is 0.471 e. The van der Waals surface area contributed by atoms with Gasteiger partial charge in [-0.15, -0.1) is 11.3 Å². The van der Waals surface area contributed by atoms with Crippen LogP contribution in [0.5, 0.6) is 5.88 Å². The number of aromatic nitrogens is 2. The Morgan fingerprint density at radius 1 is 1.12 bits per heavy atom. The molecular weight excluding hydrogens is 729 g/mol. The van der Waals surface area contributed by atoms with Crippen LogP contribution in [0.25, 0.3) is 21.6 Å². The number of ether oxygens (including phenoxy) is 3. The zero-order valence-electron chi connectivity index (χ0n) is 29.6. The quantitative estimate of drug-likeness (QED) is 0.202. The first-order chi connectivity index (χ1) is 24.8. The molecular formula is C37H43Cl2N5O7S. The molecule has 3 amide bonds. The van der Waals surface area contributed by atoms with Crippen molar-refractivity contribution in [1.29, 1.82) is 0 Å². The number of thiophene rings is 1. The molecule has 5 unspecified atom stereocenters. The van der Waals surface area contributed by atoms with Crippen LogP contribution in [0.2, 0.25) is 10.0 Å². The number of rotatable bonds is 6. The highest BCUT2D eigenvalue weighted by Gasteiger charge is 2.62. The molecule has 12 nitrogen and oxygen atoms in total. The van der Waals surface area contributed by atoms with Crippen LogP contribution in [-0.4, -0.2) is 81.2 Å². The number of nitrogens with one attached hydrogen (secondary N) is 2. The van der Waals surface area contributed by atoms with Crippen molar-refractivity contribution in [1.82, 2.24) is 25.5 Å². The molecule has 15 heteroatoms. The van der Waals surface area contributed by atoms with Crippen LogP contribution in [0.3, 0.4) is 0 Å². The van der Waals surface area contributed by atoms with Gasteiger partial charge in [0.05, 0.1) is 39.1 Å². The third-order valence-electron chi connectivity index (χ3n) is 9.28. The van der Waals surface area contributed by atoms with Gasteiger partial charge in [0.15, 0.2) is 0 Å². The van der Waals surface area contributed by atoms with E-state index in [1.165, 1.54) is 16.2 Å². The van der Waals surface area contributed by atoms with Gasteiger partial charge in [0.25, 0.3) is 0 Å². The SMILES string of the molecule is CCOC(=O)C12CC1C=CCCCCCC(NC(=O)OC(C)(C)C)C(=O)N1CC(Oc3nc4cc(Cl)c(Cl)cc4nc3-c3cccs3)CC1C(=O)N2. The molecule has 2 aromatic heterocycles. The Labute approximate surface area is 316 Å². The van der Waals surface area contributed by atoms with E-state index in [2.05, 4.69) is 10.6 Å². The highest BCUT2D eigenvalue weighted by molar-refractivity contribution is 7.13. The molecule has 4 heterocycles. The molecule has 0 bridgehead atoms. The fourth-order valence-electron chi connectivity index (χ4n) is 6.69. The zero-order chi connectivity index (χ0) is 37.2. The average Bonchev–Trinajstić information content (AvgIpc) is 3.38. The van der Waals surface area contributed by atoms with E-state index in [9.17, 15) is 19.2 Å². The van der Waals surface area contributed by atoms with Crippen molar-refractivity contribution in [3.05, 3.63) is 51.8 Å². The molecule has 1 saturated heterocycles. The number of benzene rings is 1. The standard InChI is InChI=1S/C37H43Cl2N5O7S/c1-5-49-34(47)37-19-21(37)12-9-7-6-8-10-13-25(42-35(48)51-36(2,3)4)33(46)44-20-22(16-28(44)31(45)43-37)50-32-30(29-14-11-15-52-29)40-26-17-23(38)24(39)18-27(26)41-32/h9,11-12,14-15,17-18,21-22,25,28H,5-8,10,13,16,19-20H2,1-4H3,(H,42,48)(H,43,45). The van der Waals surface area contributed by atoms with E-state index in [0.717, 1.165) is 24.1 Å². The van der Waals surface area contributed by atoms with Crippen LogP contribution in [0.15, 0.2) is 41.8 Å². The molecule has 278 valence electrons. The topological polar surface area (TPSA) is 149 Å². The summed E-state index contributed by atoms with van der Waals surface area (Å²) in [7, 11) is 0. The zero-order valence-corrected chi connectivity index (χ0v) is 31.9. The van der Waals surface area contributed by atoms with Crippen molar-refractivity contribution in [2.24, 2.45) is 5.92 Å². The molecule has 6 rings (SSSR count). The number of carbonyl (C=O) groups is 4. The molecule has 0 radical (unpaired) electrons. The van der Waals surface area contributed by atoms with Crippen LogP contribution in [0, 0.1) is 5.92 Å². The molecule has 3 aliphatic rings. The predicted molar refractivity (Wildman–Crippen MR) is 198 cm³/mol. The van der Waals surface area contributed by atoms with E-state index in [1.807, 2.05) is 29.7 Å². The highest BCUT2D eigenvalue weighted by Crippen LogP contribution is 2.46. The summed E-state index contributed by atoms with van der Waals surface area (Å²) in [6.45, 7) is 7.11. The first-order valence-corrected chi connectivity index (χ1v) is 19.2.